The fourth-order valence-corrected chi connectivity index (χ4v) is 3.31. The number of rotatable bonds is 7. The zero-order valence-corrected chi connectivity index (χ0v) is 16.3. The van der Waals surface area contributed by atoms with E-state index in [1.807, 2.05) is 32.2 Å². The second-order valence-electron chi connectivity index (χ2n) is 6.93. The van der Waals surface area contributed by atoms with Gasteiger partial charge in [0.1, 0.15) is 5.82 Å². The molecule has 0 saturated carbocycles. The molecule has 5 heteroatoms. The zero-order valence-electron chi connectivity index (χ0n) is 16.3. The molecule has 0 atom stereocenters. The zero-order chi connectivity index (χ0) is 18.5. The van der Waals surface area contributed by atoms with E-state index >= 15 is 0 Å². The van der Waals surface area contributed by atoms with Gasteiger partial charge in [0.2, 0.25) is 0 Å². The Labute approximate surface area is 156 Å². The number of benzene rings is 1. The molecule has 0 N–H and O–H groups in total. The van der Waals surface area contributed by atoms with Gasteiger partial charge >= 0.3 is 0 Å². The van der Waals surface area contributed by atoms with Crippen LogP contribution in [0.25, 0.3) is 0 Å². The lowest BCUT2D eigenvalue weighted by molar-refractivity contribution is 0.232. The molecule has 1 aliphatic heterocycles. The average Bonchev–Trinajstić information content (AvgIpc) is 2.64. The summed E-state index contributed by atoms with van der Waals surface area (Å²) in [5.74, 6) is 3.01. The maximum absolute atomic E-state index is 5.90. The first kappa shape index (κ1) is 18.6. The Bertz CT molecular complexity index is 746. The Balaban J connectivity index is 1.77. The summed E-state index contributed by atoms with van der Waals surface area (Å²) in [7, 11) is 0. The van der Waals surface area contributed by atoms with Crippen LogP contribution >= 0.6 is 0 Å². The molecule has 0 radical (unpaired) electrons. The monoisotopic (exact) mass is 355 g/mol. The van der Waals surface area contributed by atoms with Crippen LogP contribution in [0.1, 0.15) is 56.3 Å². The van der Waals surface area contributed by atoms with E-state index in [2.05, 4.69) is 29.8 Å². The van der Waals surface area contributed by atoms with Gasteiger partial charge in [0.25, 0.3) is 0 Å². The van der Waals surface area contributed by atoms with Crippen LogP contribution in [0.2, 0.25) is 0 Å². The van der Waals surface area contributed by atoms with E-state index in [1.54, 1.807) is 0 Å². The van der Waals surface area contributed by atoms with Crippen LogP contribution < -0.4 is 9.47 Å². The normalized spacial score (nSPS) is 14.3. The average molecular weight is 355 g/mol. The number of para-hydroxylation sites is 1. The van der Waals surface area contributed by atoms with Gasteiger partial charge in [-0.3, -0.25) is 4.90 Å². The second kappa shape index (κ2) is 8.49. The number of aromatic nitrogens is 2. The van der Waals surface area contributed by atoms with Crippen molar-refractivity contribution in [3.63, 3.8) is 0 Å². The number of nitrogens with zero attached hydrogens (tertiary/aromatic N) is 3. The van der Waals surface area contributed by atoms with Crippen molar-refractivity contribution in [1.29, 1.82) is 0 Å². The summed E-state index contributed by atoms with van der Waals surface area (Å²) < 4.78 is 11.6. The summed E-state index contributed by atoms with van der Waals surface area (Å²) in [6.45, 7) is 12.2. The van der Waals surface area contributed by atoms with E-state index in [-0.39, 0.29) is 0 Å². The fourth-order valence-electron chi connectivity index (χ4n) is 3.31. The Morgan fingerprint density at radius 1 is 1.15 bits per heavy atom. The summed E-state index contributed by atoms with van der Waals surface area (Å²) in [5, 5.41) is 0. The highest BCUT2D eigenvalue weighted by molar-refractivity contribution is 5.46. The third-order valence-electron chi connectivity index (χ3n) is 4.59. The lowest BCUT2D eigenvalue weighted by atomic mass is 10.0. The second-order valence-corrected chi connectivity index (χ2v) is 6.93. The predicted molar refractivity (Wildman–Crippen MR) is 103 cm³/mol. The first-order chi connectivity index (χ1) is 12.6. The van der Waals surface area contributed by atoms with E-state index in [1.165, 1.54) is 16.8 Å². The molecule has 0 aliphatic carbocycles. The van der Waals surface area contributed by atoms with Gasteiger partial charge < -0.3 is 9.47 Å². The molecule has 1 aromatic carbocycles. The van der Waals surface area contributed by atoms with Crippen LogP contribution in [0.15, 0.2) is 24.4 Å². The van der Waals surface area contributed by atoms with Gasteiger partial charge in [-0.25, -0.2) is 9.97 Å². The third-order valence-corrected chi connectivity index (χ3v) is 4.59. The van der Waals surface area contributed by atoms with Crippen LogP contribution in [-0.2, 0) is 19.5 Å². The Morgan fingerprint density at radius 3 is 2.69 bits per heavy atom. The highest BCUT2D eigenvalue weighted by Gasteiger charge is 2.21. The molecule has 1 aliphatic rings. The molecule has 2 heterocycles. The van der Waals surface area contributed by atoms with Crippen molar-refractivity contribution in [3.8, 4) is 11.5 Å². The van der Waals surface area contributed by atoms with Gasteiger partial charge in [0.15, 0.2) is 11.5 Å². The number of fused-ring (bicyclic) bond motifs is 1. The fraction of sp³-hybridized carbons (Fsp3) is 0.524. The van der Waals surface area contributed by atoms with Crippen molar-refractivity contribution in [2.24, 2.45) is 0 Å². The molecular weight excluding hydrogens is 326 g/mol. The van der Waals surface area contributed by atoms with Crippen LogP contribution in [-0.4, -0.2) is 34.6 Å². The Kier molecular flexibility index (Phi) is 6.09. The number of ether oxygens (including phenoxy) is 2. The van der Waals surface area contributed by atoms with Crippen molar-refractivity contribution in [2.75, 3.05) is 19.8 Å². The molecule has 3 rings (SSSR count). The standard InChI is InChI=1S/C21H29N3O2/c1-5-25-19-9-7-8-16(20(19)26-6-2)13-24-11-10-18-17(14-24)12-22-21(23-18)15(3)4/h7-9,12,15H,5-6,10-11,13-14H2,1-4H3. The lowest BCUT2D eigenvalue weighted by Crippen LogP contribution is -2.31. The molecule has 0 amide bonds. The SMILES string of the molecule is CCOc1cccc(CN2CCc3nc(C(C)C)ncc3C2)c1OCC. The lowest BCUT2D eigenvalue weighted by Gasteiger charge is -2.29. The Morgan fingerprint density at radius 2 is 1.96 bits per heavy atom. The maximum atomic E-state index is 5.90. The number of hydrogen-bond donors (Lipinski definition) is 0. The van der Waals surface area contributed by atoms with Gasteiger partial charge in [0, 0.05) is 55.0 Å². The molecule has 0 bridgehead atoms. The molecule has 5 nitrogen and oxygen atoms in total. The van der Waals surface area contributed by atoms with Gasteiger partial charge in [-0.05, 0) is 19.9 Å². The summed E-state index contributed by atoms with van der Waals surface area (Å²) in [4.78, 5) is 11.7. The van der Waals surface area contributed by atoms with Crippen molar-refractivity contribution in [2.45, 2.75) is 53.1 Å². The van der Waals surface area contributed by atoms with Crippen LogP contribution in [0, 0.1) is 0 Å². The predicted octanol–water partition coefficient (Wildman–Crippen LogP) is 3.96. The highest BCUT2D eigenvalue weighted by Crippen LogP contribution is 2.33. The smallest absolute Gasteiger partial charge is 0.165 e. The van der Waals surface area contributed by atoms with Crippen LogP contribution in [0.3, 0.4) is 0 Å². The molecule has 0 fully saturated rings. The van der Waals surface area contributed by atoms with Crippen molar-refractivity contribution >= 4 is 0 Å². The van der Waals surface area contributed by atoms with Gasteiger partial charge in [0.05, 0.1) is 13.2 Å². The number of hydrogen-bond acceptors (Lipinski definition) is 5. The highest BCUT2D eigenvalue weighted by atomic mass is 16.5. The molecule has 0 saturated heterocycles. The van der Waals surface area contributed by atoms with Crippen molar-refractivity contribution in [1.82, 2.24) is 14.9 Å². The van der Waals surface area contributed by atoms with E-state index in [4.69, 9.17) is 14.5 Å². The molecular formula is C21H29N3O2. The molecule has 0 unspecified atom stereocenters. The molecule has 2 aromatic rings. The van der Waals surface area contributed by atoms with Crippen molar-refractivity contribution < 1.29 is 9.47 Å². The van der Waals surface area contributed by atoms with E-state index in [0.717, 1.165) is 43.4 Å². The summed E-state index contributed by atoms with van der Waals surface area (Å²) in [5.41, 5.74) is 3.61. The first-order valence-electron chi connectivity index (χ1n) is 9.56. The van der Waals surface area contributed by atoms with E-state index in [0.29, 0.717) is 19.1 Å². The van der Waals surface area contributed by atoms with Crippen LogP contribution in [0.5, 0.6) is 11.5 Å². The molecule has 1 aromatic heterocycles. The Hall–Kier alpha value is -2.14. The first-order valence-corrected chi connectivity index (χ1v) is 9.56. The van der Waals surface area contributed by atoms with Gasteiger partial charge in [-0.15, -0.1) is 0 Å². The summed E-state index contributed by atoms with van der Waals surface area (Å²) in [6.07, 6.45) is 2.97. The maximum Gasteiger partial charge on any atom is 0.165 e. The van der Waals surface area contributed by atoms with Crippen molar-refractivity contribution in [3.05, 3.63) is 47.0 Å². The minimum Gasteiger partial charge on any atom is -0.490 e. The van der Waals surface area contributed by atoms with E-state index < -0.39 is 0 Å². The summed E-state index contributed by atoms with van der Waals surface area (Å²) >= 11 is 0. The summed E-state index contributed by atoms with van der Waals surface area (Å²) in [6, 6.07) is 6.14. The van der Waals surface area contributed by atoms with Crippen LogP contribution in [0.4, 0.5) is 0 Å². The minimum absolute atomic E-state index is 0.369. The molecule has 0 spiro atoms. The largest absolute Gasteiger partial charge is 0.490 e. The van der Waals surface area contributed by atoms with E-state index in [9.17, 15) is 0 Å². The quantitative estimate of drug-likeness (QED) is 0.752. The topological polar surface area (TPSA) is 47.5 Å². The van der Waals surface area contributed by atoms with Gasteiger partial charge in [-0.1, -0.05) is 26.0 Å². The third kappa shape index (κ3) is 4.15. The molecule has 140 valence electrons. The van der Waals surface area contributed by atoms with Gasteiger partial charge in [-0.2, -0.15) is 0 Å². The molecule has 26 heavy (non-hydrogen) atoms. The minimum atomic E-state index is 0.369.